The number of carbonyl (C=O) groups excluding carboxylic acids is 4. The zero-order valence-corrected chi connectivity index (χ0v) is 38.8. The Morgan fingerprint density at radius 1 is 0.945 bits per heavy atom. The molecule has 7 atom stereocenters. The van der Waals surface area contributed by atoms with Gasteiger partial charge in [-0.1, -0.05) is 92.2 Å². The topological polar surface area (TPSA) is 131 Å². The summed E-state index contributed by atoms with van der Waals surface area (Å²) in [6.45, 7) is 18.9. The third-order valence-electron chi connectivity index (χ3n) is 12.3. The molecule has 0 radical (unpaired) electrons. The Morgan fingerprint density at radius 3 is 1.84 bits per heavy atom. The molecule has 0 aromatic rings. The molecule has 55 heavy (non-hydrogen) atoms. The quantitative estimate of drug-likeness (QED) is 0.0332. The van der Waals surface area contributed by atoms with Crippen LogP contribution in [0.4, 0.5) is 4.79 Å². The second-order valence-electron chi connectivity index (χ2n) is 16.4. The van der Waals surface area contributed by atoms with E-state index < -0.39 is 20.3 Å². The van der Waals surface area contributed by atoms with Crippen molar-refractivity contribution in [2.24, 2.45) is 45.7 Å². The summed E-state index contributed by atoms with van der Waals surface area (Å²) in [6.07, 6.45) is 15.9. The van der Waals surface area contributed by atoms with Crippen LogP contribution in [0.3, 0.4) is 0 Å². The molecule has 4 bridgehead atoms. The fourth-order valence-corrected chi connectivity index (χ4v) is 9.08. The number of hydrogen-bond acceptors (Lipinski definition) is 9. The van der Waals surface area contributed by atoms with Gasteiger partial charge in [0.05, 0.1) is 12.3 Å². The van der Waals surface area contributed by atoms with E-state index in [1.54, 1.807) is 5.57 Å². The van der Waals surface area contributed by atoms with Gasteiger partial charge in [0.2, 0.25) is 0 Å². The predicted molar refractivity (Wildman–Crippen MR) is 223 cm³/mol. The number of cyclic esters (lactones) is 2. The smallest absolute Gasteiger partial charge is 0.449 e. The molecule has 9 nitrogen and oxygen atoms in total. The number of allylic oxidation sites excluding steroid dienone is 2. The summed E-state index contributed by atoms with van der Waals surface area (Å²) < 4.78 is 12.4. The number of ether oxygens (including phenoxy) is 4. The van der Waals surface area contributed by atoms with Crippen LogP contribution in [0.15, 0.2) is 11.6 Å². The maximum Gasteiger partial charge on any atom is 0.515 e. The van der Waals surface area contributed by atoms with Crippen molar-refractivity contribution < 1.29 is 38.1 Å². The van der Waals surface area contributed by atoms with Crippen LogP contribution < -0.4 is 5.73 Å². The van der Waals surface area contributed by atoms with Gasteiger partial charge in [-0.3, -0.25) is 20.1 Å². The monoisotopic (exact) mass is 917 g/mol. The zero-order valence-electron chi connectivity index (χ0n) is 33.5. The number of carbonyl (C=O) groups is 4. The highest BCUT2D eigenvalue weighted by atomic mass is 35.6. The van der Waals surface area contributed by atoms with E-state index in [2.05, 4.69) is 80.4 Å². The van der Waals surface area contributed by atoms with Crippen molar-refractivity contribution in [3.05, 3.63) is 11.6 Å². The Labute approximate surface area is 363 Å². The molecule has 0 amide bonds. The van der Waals surface area contributed by atoms with E-state index in [1.807, 2.05) is 0 Å². The summed E-state index contributed by atoms with van der Waals surface area (Å²) in [7, 11) is 0. The second kappa shape index (κ2) is 23.4. The van der Waals surface area contributed by atoms with E-state index in [0.717, 1.165) is 69.1 Å². The van der Waals surface area contributed by atoms with E-state index in [4.69, 9.17) is 86.9 Å². The second-order valence-corrected chi connectivity index (χ2v) is 21.3. The zero-order chi connectivity index (χ0) is 42.4. The largest absolute Gasteiger partial charge is 0.515 e. The van der Waals surface area contributed by atoms with Gasteiger partial charge in [0.15, 0.2) is 6.23 Å². The Kier molecular flexibility index (Phi) is 22.4. The summed E-state index contributed by atoms with van der Waals surface area (Å²) in [5.41, 5.74) is 8.58. The molecule has 320 valence electrons. The van der Waals surface area contributed by atoms with E-state index in [1.165, 1.54) is 32.1 Å². The highest BCUT2D eigenvalue weighted by molar-refractivity contribution is 6.67. The highest BCUT2D eigenvalue weighted by Crippen LogP contribution is 2.67. The third kappa shape index (κ3) is 17.4. The standard InChI is InChI=1S/C10H17Cl.C10H16.C9H14O3.C7H15NO2.C3Cl6O3/c1-9(2)7-4-5-10(9,3)8(11)6-7;1-7-4-5-8-6-9(7)10(8,2)3;1-2-3-4-5-7-6-8(10)12-9(7)11;1-2-3-4-5-7(8)10-6-9;4-2(5,6)11-1(10)12-3(7,8)9/h7-8H,4-6H2,1-3H3;4,8-9H,5-6H2,1-3H3;7H,2-6H2,1H3;6-7H,2-5,8H2,1H3;/t;;2*7-;/m..11./s1. The lowest BCUT2D eigenvalue weighted by Crippen LogP contribution is -2.47. The van der Waals surface area contributed by atoms with Gasteiger partial charge < -0.3 is 18.9 Å². The average molecular weight is 921 g/mol. The third-order valence-corrected chi connectivity index (χ3v) is 13.4. The van der Waals surface area contributed by atoms with Crippen molar-refractivity contribution in [1.82, 2.24) is 0 Å². The maximum atomic E-state index is 10.9. The molecule has 16 heteroatoms. The van der Waals surface area contributed by atoms with Crippen LogP contribution in [0, 0.1) is 39.9 Å². The van der Waals surface area contributed by atoms with Crippen molar-refractivity contribution >= 4 is 106 Å². The average Bonchev–Trinajstić information content (AvgIpc) is 3.55. The number of fused-ring (bicyclic) bond motifs is 3. The molecular weight excluding hydrogens is 859 g/mol. The fraction of sp³-hybridized carbons (Fsp3) is 0.846. The van der Waals surface area contributed by atoms with Crippen molar-refractivity contribution in [3.63, 3.8) is 0 Å². The van der Waals surface area contributed by atoms with Gasteiger partial charge in [-0.05, 0) is 162 Å². The van der Waals surface area contributed by atoms with Crippen LogP contribution in [0.1, 0.15) is 145 Å². The van der Waals surface area contributed by atoms with Gasteiger partial charge >= 0.3 is 26.1 Å². The van der Waals surface area contributed by atoms with Crippen LogP contribution in [-0.4, -0.2) is 44.1 Å². The van der Waals surface area contributed by atoms with E-state index in [-0.39, 0.29) is 17.9 Å². The number of unbranched alkanes of at least 4 members (excludes halogenated alkanes) is 4. The van der Waals surface area contributed by atoms with Gasteiger partial charge in [-0.25, -0.2) is 4.79 Å². The maximum absolute atomic E-state index is 10.9. The van der Waals surface area contributed by atoms with Gasteiger partial charge in [0.1, 0.15) is 0 Å². The minimum atomic E-state index is -2.24. The first-order valence-electron chi connectivity index (χ1n) is 19.2. The number of rotatable bonds is 10. The molecule has 4 fully saturated rings. The lowest BCUT2D eigenvalue weighted by molar-refractivity contribution is -0.153. The Balaban J connectivity index is 0.000000344. The molecule has 3 saturated carbocycles. The summed E-state index contributed by atoms with van der Waals surface area (Å²) in [5.74, 6) is 1.99. The van der Waals surface area contributed by atoms with Crippen molar-refractivity contribution in [3.8, 4) is 0 Å². The fourth-order valence-electron chi connectivity index (χ4n) is 8.09. The summed E-state index contributed by atoms with van der Waals surface area (Å²) in [6, 6.07) is 0. The van der Waals surface area contributed by atoms with E-state index in [9.17, 15) is 19.2 Å². The number of hydrogen-bond donors (Lipinski definition) is 1. The van der Waals surface area contributed by atoms with E-state index in [0.29, 0.717) is 34.5 Å². The minimum Gasteiger partial charge on any atom is -0.449 e. The summed E-state index contributed by atoms with van der Waals surface area (Å²) >= 11 is 36.5. The Bertz CT molecular complexity index is 1250. The predicted octanol–water partition coefficient (Wildman–Crippen LogP) is 12.9. The molecule has 6 rings (SSSR count). The number of nitrogens with two attached hydrogens (primary N) is 1. The van der Waals surface area contributed by atoms with Crippen molar-refractivity contribution in [2.75, 3.05) is 0 Å². The number of alkyl halides is 7. The number of halogens is 7. The van der Waals surface area contributed by atoms with Crippen LogP contribution in [0.25, 0.3) is 0 Å². The van der Waals surface area contributed by atoms with Gasteiger partial charge in [-0.15, -0.1) is 11.6 Å². The molecular formula is C39H62Cl7NO8. The molecule has 0 aromatic heterocycles. The first-order chi connectivity index (χ1) is 25.2. The van der Waals surface area contributed by atoms with Crippen molar-refractivity contribution in [2.45, 2.75) is 165 Å². The molecule has 1 saturated heterocycles. The normalized spacial score (nSPS) is 28.4. The molecule has 1 aliphatic heterocycles. The lowest BCUT2D eigenvalue weighted by atomic mass is 9.49. The Hall–Kier alpha value is -0.390. The van der Waals surface area contributed by atoms with Crippen LogP contribution in [-0.2, 0) is 33.3 Å². The molecule has 5 unspecified atom stereocenters. The molecule has 0 spiro atoms. The van der Waals surface area contributed by atoms with Crippen LogP contribution in [0.2, 0.25) is 0 Å². The minimum absolute atomic E-state index is 0.149. The summed E-state index contributed by atoms with van der Waals surface area (Å²) in [4.78, 5) is 41.9. The molecule has 0 aromatic carbocycles. The number of esters is 2. The Morgan fingerprint density at radius 2 is 1.51 bits per heavy atom. The van der Waals surface area contributed by atoms with Crippen LogP contribution in [0.5, 0.6) is 0 Å². The van der Waals surface area contributed by atoms with Gasteiger partial charge in [0, 0.05) is 5.38 Å². The first-order valence-corrected chi connectivity index (χ1v) is 21.9. The molecule has 2 N–H and O–H groups in total. The first kappa shape index (κ1) is 52.6. The van der Waals surface area contributed by atoms with Gasteiger partial charge in [-0.2, -0.15) is 0 Å². The molecule has 1 heterocycles. The highest BCUT2D eigenvalue weighted by Gasteiger charge is 2.60. The van der Waals surface area contributed by atoms with E-state index >= 15 is 0 Å². The molecule has 5 aliphatic carbocycles. The molecule has 6 aliphatic rings. The lowest BCUT2D eigenvalue weighted by Gasteiger charge is -2.56. The SMILES string of the molecule is CC1(C)C2CCC1(C)C(Cl)C2.CC1=CCC2CC1C2(C)C.CCCCC[C@@H]1CC(=O)OC1=O.CCCCC[C@H](N)OC=O.O=C(OC(Cl)(Cl)Cl)OC(Cl)(Cl)Cl. The van der Waals surface area contributed by atoms with Crippen LogP contribution >= 0.6 is 81.2 Å². The van der Waals surface area contributed by atoms with Crippen molar-refractivity contribution in [1.29, 1.82) is 0 Å². The summed E-state index contributed by atoms with van der Waals surface area (Å²) in [5, 5.41) is 0.441. The van der Waals surface area contributed by atoms with Gasteiger partial charge in [0.25, 0.3) is 6.47 Å².